The van der Waals surface area contributed by atoms with Gasteiger partial charge >= 0.3 is 0 Å². The lowest BCUT2D eigenvalue weighted by atomic mass is 10.2. The summed E-state index contributed by atoms with van der Waals surface area (Å²) in [5, 5.41) is 0. The van der Waals surface area contributed by atoms with Crippen LogP contribution < -0.4 is 0 Å². The van der Waals surface area contributed by atoms with E-state index in [2.05, 4.69) is 9.88 Å². The maximum atomic E-state index is 11.5. The Balaban J connectivity index is 1.94. The third-order valence-electron chi connectivity index (χ3n) is 3.17. The van der Waals surface area contributed by atoms with Crippen LogP contribution in [0.3, 0.4) is 0 Å². The first kappa shape index (κ1) is 13.5. The minimum atomic E-state index is -3.05. The molecule has 1 aromatic rings. The van der Waals surface area contributed by atoms with E-state index in [0.717, 1.165) is 26.1 Å². The second-order valence-electron chi connectivity index (χ2n) is 4.65. The molecule has 6 heteroatoms. The van der Waals surface area contributed by atoms with E-state index in [1.54, 1.807) is 16.7 Å². The Morgan fingerprint density at radius 1 is 1.17 bits per heavy atom. The Morgan fingerprint density at radius 3 is 2.56 bits per heavy atom. The summed E-state index contributed by atoms with van der Waals surface area (Å²) in [6.45, 7) is 3.81. The zero-order chi connectivity index (χ0) is 13.0. The van der Waals surface area contributed by atoms with E-state index in [4.69, 9.17) is 0 Å². The monoisotopic (exact) mass is 269 g/mol. The molecule has 18 heavy (non-hydrogen) atoms. The molecule has 2 heterocycles. The third kappa shape index (κ3) is 3.76. The van der Waals surface area contributed by atoms with Crippen LogP contribution in [0.4, 0.5) is 0 Å². The van der Waals surface area contributed by atoms with Gasteiger partial charge in [0.25, 0.3) is 0 Å². The van der Waals surface area contributed by atoms with Gasteiger partial charge in [0, 0.05) is 38.6 Å². The van der Waals surface area contributed by atoms with Gasteiger partial charge in [-0.15, -0.1) is 0 Å². The lowest BCUT2D eigenvalue weighted by Crippen LogP contribution is -2.34. The van der Waals surface area contributed by atoms with Crippen LogP contribution in [0.25, 0.3) is 0 Å². The Labute approximate surface area is 108 Å². The van der Waals surface area contributed by atoms with Crippen molar-refractivity contribution >= 4 is 10.0 Å². The summed E-state index contributed by atoms with van der Waals surface area (Å²) < 4.78 is 24.6. The third-order valence-corrected chi connectivity index (χ3v) is 4.48. The molecular formula is C12H19N3O2S. The van der Waals surface area contributed by atoms with Crippen molar-refractivity contribution in [2.45, 2.75) is 13.0 Å². The molecule has 100 valence electrons. The van der Waals surface area contributed by atoms with E-state index >= 15 is 0 Å². The van der Waals surface area contributed by atoms with E-state index in [-0.39, 0.29) is 0 Å². The minimum Gasteiger partial charge on any atom is -0.298 e. The maximum absolute atomic E-state index is 11.5. The summed E-state index contributed by atoms with van der Waals surface area (Å²) in [4.78, 5) is 6.29. The van der Waals surface area contributed by atoms with Gasteiger partial charge in [0.15, 0.2) is 0 Å². The first-order chi connectivity index (χ1) is 8.55. The molecule has 1 aliphatic heterocycles. The van der Waals surface area contributed by atoms with E-state index < -0.39 is 10.0 Å². The molecule has 0 unspecified atom stereocenters. The molecule has 0 aromatic carbocycles. The molecule has 0 aliphatic carbocycles. The Hall–Kier alpha value is -0.980. The summed E-state index contributed by atoms with van der Waals surface area (Å²) in [6.07, 6.45) is 5.75. The predicted molar refractivity (Wildman–Crippen MR) is 70.5 cm³/mol. The smallest absolute Gasteiger partial charge is 0.211 e. The van der Waals surface area contributed by atoms with Gasteiger partial charge in [-0.05, 0) is 30.7 Å². The van der Waals surface area contributed by atoms with Crippen molar-refractivity contribution in [3.8, 4) is 0 Å². The van der Waals surface area contributed by atoms with Crippen molar-refractivity contribution in [1.82, 2.24) is 14.2 Å². The van der Waals surface area contributed by atoms with E-state index in [0.29, 0.717) is 13.1 Å². The minimum absolute atomic E-state index is 0.587. The van der Waals surface area contributed by atoms with Crippen LogP contribution in [0, 0.1) is 0 Å². The number of rotatable bonds is 3. The van der Waals surface area contributed by atoms with Gasteiger partial charge in [-0.3, -0.25) is 9.88 Å². The number of sulfonamides is 1. The first-order valence-electron chi connectivity index (χ1n) is 6.12. The van der Waals surface area contributed by atoms with Crippen LogP contribution in [0.5, 0.6) is 0 Å². The van der Waals surface area contributed by atoms with Gasteiger partial charge in [-0.25, -0.2) is 12.7 Å². The molecule has 2 rings (SSSR count). The van der Waals surface area contributed by atoms with Crippen molar-refractivity contribution in [2.75, 3.05) is 32.4 Å². The lowest BCUT2D eigenvalue weighted by Gasteiger charge is -2.20. The fourth-order valence-corrected chi connectivity index (χ4v) is 3.06. The van der Waals surface area contributed by atoms with Crippen molar-refractivity contribution < 1.29 is 8.42 Å². The van der Waals surface area contributed by atoms with E-state index in [1.807, 2.05) is 12.1 Å². The van der Waals surface area contributed by atoms with E-state index in [1.165, 1.54) is 11.8 Å². The number of aromatic nitrogens is 1. The van der Waals surface area contributed by atoms with Crippen LogP contribution >= 0.6 is 0 Å². The van der Waals surface area contributed by atoms with Crippen LogP contribution in [0.2, 0.25) is 0 Å². The number of nitrogens with zero attached hydrogens (tertiary/aromatic N) is 3. The normalized spacial score (nSPS) is 19.6. The highest BCUT2D eigenvalue weighted by molar-refractivity contribution is 7.88. The van der Waals surface area contributed by atoms with Crippen LogP contribution in [-0.2, 0) is 16.6 Å². The number of pyridine rings is 1. The summed E-state index contributed by atoms with van der Waals surface area (Å²) in [5.74, 6) is 0. The quantitative estimate of drug-likeness (QED) is 0.804. The van der Waals surface area contributed by atoms with Crippen molar-refractivity contribution in [2.24, 2.45) is 0 Å². The zero-order valence-electron chi connectivity index (χ0n) is 10.6. The molecule has 0 amide bonds. The average molecular weight is 269 g/mol. The molecule has 1 saturated heterocycles. The Morgan fingerprint density at radius 2 is 1.89 bits per heavy atom. The summed E-state index contributed by atoms with van der Waals surface area (Å²) >= 11 is 0. The largest absolute Gasteiger partial charge is 0.298 e. The summed E-state index contributed by atoms with van der Waals surface area (Å²) in [7, 11) is -3.05. The van der Waals surface area contributed by atoms with Gasteiger partial charge in [-0.2, -0.15) is 0 Å². The topological polar surface area (TPSA) is 53.5 Å². The fourth-order valence-electron chi connectivity index (χ4n) is 2.18. The standard InChI is InChI=1S/C12H19N3O2S/c1-18(16,17)15-8-2-7-14(9-10-15)11-12-3-5-13-6-4-12/h3-6H,2,7-11H2,1H3. The number of hydrogen-bond donors (Lipinski definition) is 0. The highest BCUT2D eigenvalue weighted by atomic mass is 32.2. The van der Waals surface area contributed by atoms with E-state index in [9.17, 15) is 8.42 Å². The molecule has 1 aromatic heterocycles. The van der Waals surface area contributed by atoms with Gasteiger partial charge in [-0.1, -0.05) is 0 Å². The van der Waals surface area contributed by atoms with Crippen LogP contribution in [-0.4, -0.2) is 55.0 Å². The molecule has 0 bridgehead atoms. The molecule has 0 spiro atoms. The van der Waals surface area contributed by atoms with Crippen LogP contribution in [0.1, 0.15) is 12.0 Å². The lowest BCUT2D eigenvalue weighted by molar-refractivity contribution is 0.278. The summed E-state index contributed by atoms with van der Waals surface area (Å²) in [5.41, 5.74) is 1.22. The molecule has 1 fully saturated rings. The van der Waals surface area contributed by atoms with Crippen LogP contribution in [0.15, 0.2) is 24.5 Å². The second-order valence-corrected chi connectivity index (χ2v) is 6.63. The Kier molecular flexibility index (Phi) is 4.31. The molecule has 1 aliphatic rings. The van der Waals surface area contributed by atoms with Gasteiger partial charge in [0.1, 0.15) is 0 Å². The van der Waals surface area contributed by atoms with Gasteiger partial charge in [0.05, 0.1) is 6.26 Å². The fraction of sp³-hybridized carbons (Fsp3) is 0.583. The zero-order valence-corrected chi connectivity index (χ0v) is 11.4. The van der Waals surface area contributed by atoms with Gasteiger partial charge in [0.2, 0.25) is 10.0 Å². The number of hydrogen-bond acceptors (Lipinski definition) is 4. The molecule has 5 nitrogen and oxygen atoms in total. The van der Waals surface area contributed by atoms with Crippen molar-refractivity contribution in [3.05, 3.63) is 30.1 Å². The molecule has 0 radical (unpaired) electrons. The first-order valence-corrected chi connectivity index (χ1v) is 7.97. The maximum Gasteiger partial charge on any atom is 0.211 e. The van der Waals surface area contributed by atoms with Crippen molar-refractivity contribution in [1.29, 1.82) is 0 Å². The second kappa shape index (κ2) is 5.77. The van der Waals surface area contributed by atoms with Crippen molar-refractivity contribution in [3.63, 3.8) is 0 Å². The van der Waals surface area contributed by atoms with Gasteiger partial charge < -0.3 is 0 Å². The molecule has 0 saturated carbocycles. The molecule has 0 atom stereocenters. The molecule has 0 N–H and O–H groups in total. The average Bonchev–Trinajstić information content (AvgIpc) is 2.55. The highest BCUT2D eigenvalue weighted by Gasteiger charge is 2.21. The highest BCUT2D eigenvalue weighted by Crippen LogP contribution is 2.10. The summed E-state index contributed by atoms with van der Waals surface area (Å²) in [6, 6.07) is 4.00. The molecular weight excluding hydrogens is 250 g/mol. The SMILES string of the molecule is CS(=O)(=O)N1CCCN(Cc2ccncc2)CC1. The predicted octanol–water partition coefficient (Wildman–Crippen LogP) is 0.549. The Bertz CT molecular complexity index is 475.